The quantitative estimate of drug-likeness (QED) is 0.376. The van der Waals surface area contributed by atoms with E-state index in [1.807, 2.05) is 60.7 Å². The molecule has 0 fully saturated rings. The highest BCUT2D eigenvalue weighted by atomic mass is 19.1. The summed E-state index contributed by atoms with van der Waals surface area (Å²) < 4.78 is 19.8. The van der Waals surface area contributed by atoms with Gasteiger partial charge in [0.15, 0.2) is 5.96 Å². The minimum atomic E-state index is -0.508. The fourth-order valence-electron chi connectivity index (χ4n) is 3.04. The number of amides is 1. The molecule has 1 atom stereocenters. The van der Waals surface area contributed by atoms with Crippen LogP contribution in [-0.2, 0) is 4.79 Å². The van der Waals surface area contributed by atoms with Gasteiger partial charge in [-0.1, -0.05) is 42.5 Å². The summed E-state index contributed by atoms with van der Waals surface area (Å²) in [6.07, 6.45) is 0.546. The number of carbonyl (C=O) groups is 1. The Kier molecular flexibility index (Phi) is 6.24. The van der Waals surface area contributed by atoms with Gasteiger partial charge in [0.05, 0.1) is 13.2 Å². The van der Waals surface area contributed by atoms with Crippen LogP contribution in [0.5, 0.6) is 5.75 Å². The Balaban J connectivity index is 2.06. The van der Waals surface area contributed by atoms with E-state index in [-0.39, 0.29) is 5.96 Å². The van der Waals surface area contributed by atoms with Crippen molar-refractivity contribution in [3.8, 4) is 16.9 Å². The van der Waals surface area contributed by atoms with E-state index in [1.165, 1.54) is 19.2 Å². The van der Waals surface area contributed by atoms with E-state index in [4.69, 9.17) is 10.1 Å². The largest absolute Gasteiger partial charge is 0.497 e. The second-order valence-corrected chi connectivity index (χ2v) is 6.56. The van der Waals surface area contributed by atoms with Crippen molar-refractivity contribution in [1.82, 2.24) is 10.2 Å². The maximum atomic E-state index is 14.6. The van der Waals surface area contributed by atoms with E-state index in [1.54, 1.807) is 7.11 Å². The van der Waals surface area contributed by atoms with Gasteiger partial charge in [0.2, 0.25) is 6.41 Å². The first-order valence-corrected chi connectivity index (χ1v) is 9.05. The first-order chi connectivity index (χ1) is 14.0. The van der Waals surface area contributed by atoms with Gasteiger partial charge in [0.1, 0.15) is 11.6 Å². The zero-order chi connectivity index (χ0) is 20.8. The molecular formula is C23H22FN3O2. The zero-order valence-electron chi connectivity index (χ0n) is 16.2. The molecule has 0 bridgehead atoms. The van der Waals surface area contributed by atoms with E-state index < -0.39 is 11.9 Å². The summed E-state index contributed by atoms with van der Waals surface area (Å²) in [4.78, 5) is 12.2. The molecule has 3 rings (SSSR count). The van der Waals surface area contributed by atoms with E-state index in [0.717, 1.165) is 16.0 Å². The van der Waals surface area contributed by atoms with Gasteiger partial charge in [-0.15, -0.1) is 0 Å². The Morgan fingerprint density at radius 1 is 1.03 bits per heavy atom. The molecule has 5 nitrogen and oxygen atoms in total. The van der Waals surface area contributed by atoms with Crippen molar-refractivity contribution in [3.05, 3.63) is 89.7 Å². The number of nitrogens with one attached hydrogen (secondary N) is 2. The molecule has 0 radical (unpaired) electrons. The van der Waals surface area contributed by atoms with Gasteiger partial charge in [-0.05, 0) is 52.6 Å². The number of hydrogen-bond donors (Lipinski definition) is 2. The number of benzene rings is 3. The molecule has 1 amide bonds. The van der Waals surface area contributed by atoms with Crippen LogP contribution >= 0.6 is 0 Å². The molecule has 0 aliphatic heterocycles. The smallest absolute Gasteiger partial charge is 0.216 e. The molecule has 0 aromatic heterocycles. The molecule has 6 heteroatoms. The van der Waals surface area contributed by atoms with Crippen molar-refractivity contribution >= 4 is 12.4 Å². The number of hydrogen-bond acceptors (Lipinski definition) is 3. The van der Waals surface area contributed by atoms with E-state index in [9.17, 15) is 9.18 Å². The lowest BCUT2D eigenvalue weighted by Gasteiger charge is -2.24. The third-order valence-corrected chi connectivity index (χ3v) is 4.58. The van der Waals surface area contributed by atoms with Crippen molar-refractivity contribution in [3.63, 3.8) is 0 Å². The van der Waals surface area contributed by atoms with Crippen LogP contribution in [0.15, 0.2) is 72.8 Å². The SMILES string of the molecule is COc1cccc(-c2cc(F)cc(C(NC(=N)N(C)C=O)c3ccccc3)c2)c1. The number of carbonyl (C=O) groups excluding carboxylic acids is 1. The standard InChI is InChI=1S/C23H22FN3O2/c1-27(15-28)23(25)26-22(16-7-4-3-5-8-16)19-11-18(12-20(24)13-19)17-9-6-10-21(14-17)29-2/h3-15,22H,1-2H3,(H2,25,26). The lowest BCUT2D eigenvalue weighted by molar-refractivity contribution is -0.114. The highest BCUT2D eigenvalue weighted by molar-refractivity contribution is 5.86. The monoisotopic (exact) mass is 391 g/mol. The Labute approximate surface area is 169 Å². The van der Waals surface area contributed by atoms with Crippen LogP contribution in [0.3, 0.4) is 0 Å². The molecule has 2 N–H and O–H groups in total. The van der Waals surface area contributed by atoms with Crippen LogP contribution in [0.1, 0.15) is 17.2 Å². The summed E-state index contributed by atoms with van der Waals surface area (Å²) >= 11 is 0. The molecule has 3 aromatic carbocycles. The minimum absolute atomic E-state index is 0.0824. The van der Waals surface area contributed by atoms with Crippen LogP contribution in [0, 0.1) is 11.2 Å². The van der Waals surface area contributed by atoms with Gasteiger partial charge in [-0.3, -0.25) is 15.1 Å². The molecule has 0 spiro atoms. The second-order valence-electron chi connectivity index (χ2n) is 6.56. The molecule has 29 heavy (non-hydrogen) atoms. The Morgan fingerprint density at radius 2 is 1.79 bits per heavy atom. The van der Waals surface area contributed by atoms with Crippen molar-refractivity contribution in [2.75, 3.05) is 14.2 Å². The number of guanidine groups is 1. The minimum Gasteiger partial charge on any atom is -0.497 e. The highest BCUT2D eigenvalue weighted by Crippen LogP contribution is 2.30. The summed E-state index contributed by atoms with van der Waals surface area (Å²) in [7, 11) is 3.07. The van der Waals surface area contributed by atoms with Gasteiger partial charge < -0.3 is 10.1 Å². The maximum Gasteiger partial charge on any atom is 0.216 e. The Morgan fingerprint density at radius 3 is 2.48 bits per heavy atom. The average molecular weight is 391 g/mol. The van der Waals surface area contributed by atoms with Crippen LogP contribution in [0.2, 0.25) is 0 Å². The molecule has 0 saturated carbocycles. The summed E-state index contributed by atoms with van der Waals surface area (Å²) in [6.45, 7) is 0. The number of methoxy groups -OCH3 is 1. The van der Waals surface area contributed by atoms with Crippen LogP contribution in [-0.4, -0.2) is 31.4 Å². The van der Waals surface area contributed by atoms with Crippen LogP contribution in [0.25, 0.3) is 11.1 Å². The number of nitrogens with zero attached hydrogens (tertiary/aromatic N) is 1. The van der Waals surface area contributed by atoms with Gasteiger partial charge in [-0.25, -0.2) is 4.39 Å². The van der Waals surface area contributed by atoms with E-state index >= 15 is 0 Å². The predicted octanol–water partition coefficient (Wildman–Crippen LogP) is 4.20. The van der Waals surface area contributed by atoms with Gasteiger partial charge in [-0.2, -0.15) is 0 Å². The summed E-state index contributed by atoms with van der Waals surface area (Å²) in [5.41, 5.74) is 2.99. The van der Waals surface area contributed by atoms with Gasteiger partial charge in [0, 0.05) is 7.05 Å². The normalized spacial score (nSPS) is 11.4. The maximum absolute atomic E-state index is 14.6. The molecule has 0 heterocycles. The molecule has 148 valence electrons. The lowest BCUT2D eigenvalue weighted by atomic mass is 9.94. The second kappa shape index (κ2) is 9.01. The first kappa shape index (κ1) is 20.1. The number of ether oxygens (including phenoxy) is 1. The summed E-state index contributed by atoms with van der Waals surface area (Å²) in [5, 5.41) is 11.1. The third-order valence-electron chi connectivity index (χ3n) is 4.58. The zero-order valence-corrected chi connectivity index (χ0v) is 16.2. The first-order valence-electron chi connectivity index (χ1n) is 9.05. The van der Waals surface area contributed by atoms with Crippen molar-refractivity contribution < 1.29 is 13.9 Å². The third kappa shape index (κ3) is 4.79. The molecule has 1 unspecified atom stereocenters. The van der Waals surface area contributed by atoms with Gasteiger partial charge >= 0.3 is 0 Å². The van der Waals surface area contributed by atoms with Crippen LogP contribution in [0.4, 0.5) is 4.39 Å². The summed E-state index contributed by atoms with van der Waals surface area (Å²) in [6, 6.07) is 21.1. The van der Waals surface area contributed by atoms with Crippen molar-refractivity contribution in [2.45, 2.75) is 6.04 Å². The van der Waals surface area contributed by atoms with Gasteiger partial charge in [0.25, 0.3) is 0 Å². The summed E-state index contributed by atoms with van der Waals surface area (Å²) in [5.74, 6) is 0.208. The molecule has 3 aromatic rings. The Hall–Kier alpha value is -3.67. The molecule has 0 aliphatic rings. The fourth-order valence-corrected chi connectivity index (χ4v) is 3.04. The average Bonchev–Trinajstić information content (AvgIpc) is 2.76. The van der Waals surface area contributed by atoms with Crippen molar-refractivity contribution in [1.29, 1.82) is 5.41 Å². The molecule has 0 saturated heterocycles. The fraction of sp³-hybridized carbons (Fsp3) is 0.130. The van der Waals surface area contributed by atoms with E-state index in [0.29, 0.717) is 23.3 Å². The van der Waals surface area contributed by atoms with Crippen molar-refractivity contribution in [2.24, 2.45) is 0 Å². The molecule has 0 aliphatic carbocycles. The lowest BCUT2D eigenvalue weighted by Crippen LogP contribution is -2.39. The predicted molar refractivity (Wildman–Crippen MR) is 111 cm³/mol. The number of halogens is 1. The highest BCUT2D eigenvalue weighted by Gasteiger charge is 2.19. The number of rotatable bonds is 6. The van der Waals surface area contributed by atoms with E-state index in [2.05, 4.69) is 5.32 Å². The Bertz CT molecular complexity index is 1010. The molecular weight excluding hydrogens is 369 g/mol. The van der Waals surface area contributed by atoms with Crippen LogP contribution < -0.4 is 10.1 Å². The topological polar surface area (TPSA) is 65.4 Å².